The average Bonchev–Trinajstić information content (AvgIpc) is 3.09. The molecule has 0 fully saturated rings. The summed E-state index contributed by atoms with van der Waals surface area (Å²) in [5.74, 6) is 0.848. The van der Waals surface area contributed by atoms with Gasteiger partial charge in [-0.25, -0.2) is 9.83 Å². The molecule has 0 amide bonds. The predicted molar refractivity (Wildman–Crippen MR) is 190 cm³/mol. The Kier molecular flexibility index (Phi) is 6.17. The van der Waals surface area contributed by atoms with Crippen LogP contribution in [0.3, 0.4) is 0 Å². The van der Waals surface area contributed by atoms with Gasteiger partial charge >= 0.3 is 0 Å². The lowest BCUT2D eigenvalue weighted by atomic mass is 9.73. The monoisotopic (exact) mass is 594 g/mol. The van der Waals surface area contributed by atoms with Gasteiger partial charge in [0.25, 0.3) is 0 Å². The first-order valence-electron chi connectivity index (χ1n) is 15.8. The highest BCUT2D eigenvalue weighted by atomic mass is 15.2. The Balaban J connectivity index is 1.24. The largest absolute Gasteiger partial charge is 0.310 e. The van der Waals surface area contributed by atoms with Crippen molar-refractivity contribution in [2.24, 2.45) is 0 Å². The van der Waals surface area contributed by atoms with Crippen molar-refractivity contribution in [2.45, 2.75) is 38.5 Å². The number of rotatable bonds is 3. The van der Waals surface area contributed by atoms with Crippen LogP contribution in [-0.2, 0) is 10.8 Å². The summed E-state index contributed by atoms with van der Waals surface area (Å²) in [6.07, 6.45) is 1.91. The first-order valence-corrected chi connectivity index (χ1v) is 15.8. The average molecular weight is 595 g/mol. The second-order valence-corrected chi connectivity index (χ2v) is 13.2. The van der Waals surface area contributed by atoms with E-state index in [4.69, 9.17) is 11.6 Å². The number of anilines is 6. The number of nitrogens with zero attached hydrogens (tertiary/aromatic N) is 4. The van der Waals surface area contributed by atoms with Crippen molar-refractivity contribution in [1.29, 1.82) is 0 Å². The van der Waals surface area contributed by atoms with Crippen molar-refractivity contribution in [3.63, 3.8) is 0 Å². The first kappa shape index (κ1) is 27.9. The molecular formula is C42H34N4. The second-order valence-electron chi connectivity index (χ2n) is 13.2. The Morgan fingerprint density at radius 2 is 1.00 bits per heavy atom. The molecule has 6 aromatic rings. The fraction of sp³-hybridized carbons (Fsp3) is 0.143. The van der Waals surface area contributed by atoms with E-state index in [-0.39, 0.29) is 10.8 Å². The van der Waals surface area contributed by atoms with Gasteiger partial charge in [0.15, 0.2) is 5.69 Å². The normalized spacial score (nSPS) is 15.2. The highest BCUT2D eigenvalue weighted by Gasteiger charge is 2.38. The zero-order chi connectivity index (χ0) is 31.6. The highest BCUT2D eigenvalue weighted by Crippen LogP contribution is 2.53. The van der Waals surface area contributed by atoms with Gasteiger partial charge in [0.05, 0.1) is 29.3 Å². The van der Waals surface area contributed by atoms with E-state index >= 15 is 0 Å². The third-order valence-corrected chi connectivity index (χ3v) is 9.92. The van der Waals surface area contributed by atoms with Crippen LogP contribution in [0.15, 0.2) is 134 Å². The van der Waals surface area contributed by atoms with Crippen LogP contribution in [0.5, 0.6) is 0 Å². The number of fused-ring (bicyclic) bond motifs is 4. The van der Waals surface area contributed by atoms with E-state index in [1.807, 2.05) is 12.3 Å². The maximum atomic E-state index is 8.02. The van der Waals surface area contributed by atoms with Gasteiger partial charge in [-0.2, -0.15) is 0 Å². The number of hydrogen-bond donors (Lipinski definition) is 0. The van der Waals surface area contributed by atoms with Crippen LogP contribution in [-0.4, -0.2) is 4.98 Å². The van der Waals surface area contributed by atoms with Gasteiger partial charge in [-0.05, 0) is 75.8 Å². The van der Waals surface area contributed by atoms with Crippen LogP contribution < -0.4 is 9.80 Å². The molecule has 8 rings (SSSR count). The third kappa shape index (κ3) is 4.02. The summed E-state index contributed by atoms with van der Waals surface area (Å²) in [7, 11) is 0. The minimum Gasteiger partial charge on any atom is -0.310 e. The number of para-hydroxylation sites is 4. The molecule has 0 saturated carbocycles. The van der Waals surface area contributed by atoms with E-state index in [0.29, 0.717) is 5.69 Å². The molecule has 0 aliphatic carbocycles. The quantitative estimate of drug-likeness (QED) is 0.190. The smallest absolute Gasteiger partial charge is 0.195 e. The van der Waals surface area contributed by atoms with E-state index in [1.54, 1.807) is 0 Å². The van der Waals surface area contributed by atoms with Crippen molar-refractivity contribution in [1.82, 2.24) is 4.98 Å². The third-order valence-electron chi connectivity index (χ3n) is 9.92. The number of aromatic nitrogens is 1. The van der Waals surface area contributed by atoms with Crippen molar-refractivity contribution in [2.75, 3.05) is 9.80 Å². The number of pyridine rings is 1. The zero-order valence-corrected chi connectivity index (χ0v) is 26.5. The summed E-state index contributed by atoms with van der Waals surface area (Å²) in [6.45, 7) is 17.2. The molecule has 0 atom stereocenters. The van der Waals surface area contributed by atoms with Gasteiger partial charge in [-0.1, -0.05) is 113 Å². The molecule has 5 aromatic carbocycles. The van der Waals surface area contributed by atoms with Crippen LogP contribution in [0, 0.1) is 6.57 Å². The van der Waals surface area contributed by atoms with Crippen molar-refractivity contribution < 1.29 is 0 Å². The summed E-state index contributed by atoms with van der Waals surface area (Å²) in [4.78, 5) is 13.6. The lowest BCUT2D eigenvalue weighted by Gasteiger charge is -2.42. The van der Waals surface area contributed by atoms with E-state index in [1.165, 1.54) is 22.3 Å². The topological polar surface area (TPSA) is 23.7 Å². The van der Waals surface area contributed by atoms with Crippen LogP contribution in [0.2, 0.25) is 0 Å². The Bertz CT molecular complexity index is 2090. The van der Waals surface area contributed by atoms with Gasteiger partial charge in [-0.15, -0.1) is 0 Å². The fourth-order valence-corrected chi connectivity index (χ4v) is 7.53. The van der Waals surface area contributed by atoms with Crippen LogP contribution in [0.4, 0.5) is 39.9 Å². The van der Waals surface area contributed by atoms with Crippen LogP contribution in [0.25, 0.3) is 16.0 Å². The molecular weight excluding hydrogens is 560 g/mol. The Morgan fingerprint density at radius 3 is 1.43 bits per heavy atom. The minimum atomic E-state index is -0.135. The molecule has 0 N–H and O–H groups in total. The molecule has 3 heterocycles. The van der Waals surface area contributed by atoms with E-state index < -0.39 is 0 Å². The molecule has 222 valence electrons. The van der Waals surface area contributed by atoms with E-state index in [9.17, 15) is 0 Å². The van der Waals surface area contributed by atoms with Gasteiger partial charge in [0.1, 0.15) is 5.82 Å². The summed E-state index contributed by atoms with van der Waals surface area (Å²) in [5, 5.41) is 0. The zero-order valence-electron chi connectivity index (χ0n) is 26.5. The lowest BCUT2D eigenvalue weighted by molar-refractivity contribution is 0.631. The van der Waals surface area contributed by atoms with Gasteiger partial charge in [-0.3, -0.25) is 4.90 Å². The van der Waals surface area contributed by atoms with Crippen LogP contribution in [0.1, 0.15) is 49.9 Å². The Morgan fingerprint density at radius 1 is 0.543 bits per heavy atom. The molecule has 0 saturated heterocycles. The molecule has 0 bridgehead atoms. The number of hydrogen-bond acceptors (Lipinski definition) is 3. The van der Waals surface area contributed by atoms with Crippen molar-refractivity contribution >= 4 is 39.9 Å². The maximum Gasteiger partial charge on any atom is 0.195 e. The number of benzene rings is 5. The predicted octanol–water partition coefficient (Wildman–Crippen LogP) is 11.5. The molecule has 0 unspecified atom stereocenters. The minimum absolute atomic E-state index is 0.129. The molecule has 0 spiro atoms. The highest BCUT2D eigenvalue weighted by molar-refractivity contribution is 5.91. The Labute approximate surface area is 271 Å². The van der Waals surface area contributed by atoms with Crippen molar-refractivity contribution in [3.8, 4) is 11.1 Å². The summed E-state index contributed by atoms with van der Waals surface area (Å²) in [6, 6.07) is 44.8. The molecule has 2 aliphatic heterocycles. The molecule has 2 aliphatic rings. The molecule has 4 heteroatoms. The second kappa shape index (κ2) is 10.2. The van der Waals surface area contributed by atoms with Gasteiger partial charge in [0.2, 0.25) is 0 Å². The standard InChI is InChI=1S/C42H34N4/c1-41(2)31-14-6-10-18-36(31)45(37-19-11-7-15-32(37)41)29-23-24-35(43-5)30(26-29)28-22-25-40(44-27-28)46-38-20-12-8-16-33(38)42(3,4)34-17-9-13-21-39(34)46/h6-27H,1-4H3. The molecule has 46 heavy (non-hydrogen) atoms. The first-order chi connectivity index (χ1) is 22.3. The summed E-state index contributed by atoms with van der Waals surface area (Å²) >= 11 is 0. The van der Waals surface area contributed by atoms with Gasteiger partial charge in [0, 0.05) is 22.7 Å². The van der Waals surface area contributed by atoms with Crippen molar-refractivity contribution in [3.05, 3.63) is 167 Å². The van der Waals surface area contributed by atoms with Crippen LogP contribution >= 0.6 is 0 Å². The SMILES string of the molecule is [C-]#[N+]c1ccc(N2c3ccccc3C(C)(C)c3ccccc32)cc1-c1ccc(N2c3ccccc3C(C)(C)c3ccccc32)nc1. The molecule has 4 nitrogen and oxygen atoms in total. The fourth-order valence-electron chi connectivity index (χ4n) is 7.53. The summed E-state index contributed by atoms with van der Waals surface area (Å²) in [5.41, 5.74) is 12.8. The van der Waals surface area contributed by atoms with Gasteiger partial charge < -0.3 is 4.90 Å². The maximum absolute atomic E-state index is 8.02. The lowest BCUT2D eigenvalue weighted by Crippen LogP contribution is -2.30. The van der Waals surface area contributed by atoms with E-state index in [0.717, 1.165) is 45.4 Å². The summed E-state index contributed by atoms with van der Waals surface area (Å²) < 4.78 is 0. The van der Waals surface area contributed by atoms with E-state index in [2.05, 4.69) is 164 Å². The molecule has 0 radical (unpaired) electrons. The Hall–Kier alpha value is -5.66. The molecule has 1 aromatic heterocycles.